The zero-order chi connectivity index (χ0) is 36.0. The molecule has 4 aromatic heterocycles. The molecule has 4 heterocycles. The molecule has 0 radical (unpaired) electrons. The van der Waals surface area contributed by atoms with Crippen LogP contribution in [0.15, 0.2) is 11.1 Å². The summed E-state index contributed by atoms with van der Waals surface area (Å²) in [5, 5.41) is 59.3. The number of nitriles is 3. The Morgan fingerprint density at radius 2 is 1.19 bits per heavy atom. The van der Waals surface area contributed by atoms with Gasteiger partial charge in [0.25, 0.3) is 0 Å². The lowest BCUT2D eigenvalue weighted by molar-refractivity contribution is 0.0591. The maximum Gasteiger partial charge on any atom is 0.358 e. The van der Waals surface area contributed by atoms with Gasteiger partial charge in [-0.2, -0.15) is 36.2 Å². The molecule has 0 aromatic carbocycles. The Balaban J connectivity index is 0.000000316. The molecule has 16 heteroatoms. The first-order valence-corrected chi connectivity index (χ1v) is 14.9. The summed E-state index contributed by atoms with van der Waals surface area (Å²) in [7, 11) is 8.47. The second-order valence-electron chi connectivity index (χ2n) is 9.89. The summed E-state index contributed by atoms with van der Waals surface area (Å²) in [4.78, 5) is 11.3. The molecule has 0 fully saturated rings. The van der Waals surface area contributed by atoms with Crippen LogP contribution in [0.4, 0.5) is 0 Å². The van der Waals surface area contributed by atoms with E-state index in [1.54, 1.807) is 45.9 Å². The number of aliphatic hydroxyl groups excluding tert-OH is 2. The van der Waals surface area contributed by atoms with Gasteiger partial charge in [0.2, 0.25) is 0 Å². The van der Waals surface area contributed by atoms with Crippen molar-refractivity contribution in [3.8, 4) is 18.2 Å². The van der Waals surface area contributed by atoms with Gasteiger partial charge in [0, 0.05) is 81.6 Å². The van der Waals surface area contributed by atoms with E-state index in [4.69, 9.17) is 26.0 Å². The van der Waals surface area contributed by atoms with Gasteiger partial charge in [-0.15, -0.1) is 0 Å². The van der Waals surface area contributed by atoms with E-state index in [0.29, 0.717) is 35.6 Å². The van der Waals surface area contributed by atoms with Gasteiger partial charge in [0.05, 0.1) is 17.3 Å². The first kappa shape index (κ1) is 39.9. The van der Waals surface area contributed by atoms with Crippen molar-refractivity contribution < 1.29 is 19.7 Å². The summed E-state index contributed by atoms with van der Waals surface area (Å²) >= 11 is 3.26. The normalized spacial score (nSPS) is 9.72. The molecule has 0 aliphatic carbocycles. The van der Waals surface area contributed by atoms with E-state index >= 15 is 0 Å². The molecule has 0 aliphatic heterocycles. The molecule has 250 valence electrons. The van der Waals surface area contributed by atoms with E-state index in [1.165, 1.54) is 7.11 Å². The first-order chi connectivity index (χ1) is 22.2. The number of carbonyl (C=O) groups is 1. The number of aliphatic hydroxyl groups is 2. The average molecular weight is 711 g/mol. The fraction of sp³-hybridized carbons (Fsp3) is 0.419. The highest BCUT2D eigenvalue weighted by Gasteiger charge is 2.19. The van der Waals surface area contributed by atoms with Crippen LogP contribution in [0.5, 0.6) is 0 Å². The maximum absolute atomic E-state index is 11.3. The molecule has 0 aliphatic rings. The lowest BCUT2D eigenvalue weighted by atomic mass is 10.1. The summed E-state index contributed by atoms with van der Waals surface area (Å²) in [6.45, 7) is 11.2. The van der Waals surface area contributed by atoms with Crippen LogP contribution < -0.4 is 0 Å². The van der Waals surface area contributed by atoms with Crippen LogP contribution in [0.25, 0.3) is 6.08 Å². The van der Waals surface area contributed by atoms with Crippen LogP contribution >= 0.6 is 15.9 Å². The minimum Gasteiger partial charge on any atom is -0.464 e. The summed E-state index contributed by atoms with van der Waals surface area (Å²) in [6.07, 6.45) is 2.58. The van der Waals surface area contributed by atoms with Crippen LogP contribution in [0, 0.1) is 61.7 Å². The number of aryl methyl sites for hydroxylation is 4. The molecule has 0 bridgehead atoms. The Bertz CT molecular complexity index is 1830. The van der Waals surface area contributed by atoms with Gasteiger partial charge in [0.1, 0.15) is 18.2 Å². The predicted octanol–water partition coefficient (Wildman–Crippen LogP) is 2.79. The number of methoxy groups -OCH3 is 1. The first-order valence-electron chi connectivity index (χ1n) is 14.1. The van der Waals surface area contributed by atoms with Gasteiger partial charge >= 0.3 is 5.97 Å². The summed E-state index contributed by atoms with van der Waals surface area (Å²) < 4.78 is 12.0. The number of carbonyl (C=O) groups excluding carboxylic acids is 1. The summed E-state index contributed by atoms with van der Waals surface area (Å²) in [5.74, 6) is -0.461. The number of halogens is 1. The van der Waals surface area contributed by atoms with Gasteiger partial charge < -0.3 is 14.9 Å². The molecule has 2 N–H and O–H groups in total. The van der Waals surface area contributed by atoms with Crippen molar-refractivity contribution in [2.24, 2.45) is 28.2 Å². The highest BCUT2D eigenvalue weighted by molar-refractivity contribution is 9.10. The lowest BCUT2D eigenvalue weighted by Gasteiger charge is -1.99. The largest absolute Gasteiger partial charge is 0.464 e. The molecule has 0 spiro atoms. The quantitative estimate of drug-likeness (QED) is 0.278. The van der Waals surface area contributed by atoms with Crippen molar-refractivity contribution >= 4 is 28.0 Å². The second kappa shape index (κ2) is 18.8. The standard InChI is InChI=1S/C9H14N2O3.C8H11N3O.C8H9N3.C6H6BrN3/c1-6-7(4-5-12)8(9(13)14-3)10-11(6)2;1-6-7(3-4-12)8(5-9)10-11(6)2;1-4-7-6(2)11(3)10-8(7)5-9;1-4-6(7)5(3-8)9-10(4)2/h12H,4-5H2,1-3H3;12H,3-4H2,1-2H3;4H,1H2,2-3H3;1-2H3. The number of nitrogens with zero attached hydrogens (tertiary/aromatic N) is 11. The molecule has 0 atom stereocenters. The fourth-order valence-corrected chi connectivity index (χ4v) is 4.51. The minimum absolute atomic E-state index is 0.00344. The molecule has 0 amide bonds. The highest BCUT2D eigenvalue weighted by Crippen LogP contribution is 2.18. The molecular weight excluding hydrogens is 670 g/mol. The molecule has 0 saturated heterocycles. The number of rotatable bonds is 6. The van der Waals surface area contributed by atoms with Gasteiger partial charge in [-0.25, -0.2) is 4.79 Å². The maximum atomic E-state index is 11.3. The van der Waals surface area contributed by atoms with Crippen molar-refractivity contribution in [2.45, 2.75) is 40.5 Å². The van der Waals surface area contributed by atoms with Crippen molar-refractivity contribution in [3.05, 3.63) is 73.3 Å². The zero-order valence-electron chi connectivity index (χ0n) is 28.1. The van der Waals surface area contributed by atoms with Crippen LogP contribution in [-0.2, 0) is 45.8 Å². The number of ether oxygens (including phenoxy) is 1. The van der Waals surface area contributed by atoms with Gasteiger partial charge in [-0.1, -0.05) is 12.7 Å². The smallest absolute Gasteiger partial charge is 0.358 e. The Hall–Kier alpha value is -5.08. The SMILES string of the molecule is C=Cc1c(C#N)nn(C)c1C.COC(=O)c1nn(C)c(C)c1CCO.Cc1c(Br)c(C#N)nn1C.Cc1c(CCO)c(C#N)nn1C. The second-order valence-corrected chi connectivity index (χ2v) is 10.7. The van der Waals surface area contributed by atoms with Crippen molar-refractivity contribution in [1.82, 2.24) is 39.1 Å². The highest BCUT2D eigenvalue weighted by atomic mass is 79.9. The topological polar surface area (TPSA) is 209 Å². The molecule has 4 rings (SSSR count). The number of hydrogen-bond donors (Lipinski definition) is 2. The Labute approximate surface area is 282 Å². The van der Waals surface area contributed by atoms with E-state index in [0.717, 1.165) is 43.9 Å². The third kappa shape index (κ3) is 9.95. The Morgan fingerprint density at radius 3 is 1.60 bits per heavy atom. The number of esters is 1. The van der Waals surface area contributed by atoms with Crippen molar-refractivity contribution in [2.75, 3.05) is 20.3 Å². The summed E-state index contributed by atoms with van der Waals surface area (Å²) in [6, 6.07) is 5.98. The number of aromatic nitrogens is 8. The van der Waals surface area contributed by atoms with Gasteiger partial charge in [-0.05, 0) is 50.0 Å². The van der Waals surface area contributed by atoms with Crippen LogP contribution in [-0.4, -0.2) is 75.6 Å². The summed E-state index contributed by atoms with van der Waals surface area (Å²) in [5.41, 5.74) is 7.79. The minimum atomic E-state index is -0.461. The fourth-order valence-electron chi connectivity index (χ4n) is 4.08. The zero-order valence-corrected chi connectivity index (χ0v) is 29.7. The molecule has 0 saturated carbocycles. The lowest BCUT2D eigenvalue weighted by Crippen LogP contribution is -2.06. The van der Waals surface area contributed by atoms with E-state index in [1.807, 2.05) is 53.0 Å². The van der Waals surface area contributed by atoms with E-state index < -0.39 is 5.97 Å². The Kier molecular flexibility index (Phi) is 16.0. The van der Waals surface area contributed by atoms with Gasteiger partial charge in [0.15, 0.2) is 22.8 Å². The van der Waals surface area contributed by atoms with Crippen LogP contribution in [0.3, 0.4) is 0 Å². The van der Waals surface area contributed by atoms with Gasteiger partial charge in [-0.3, -0.25) is 18.7 Å². The molecule has 0 unspecified atom stereocenters. The molecule has 4 aromatic rings. The third-order valence-corrected chi connectivity index (χ3v) is 8.13. The van der Waals surface area contributed by atoms with Crippen LogP contribution in [0.2, 0.25) is 0 Å². The molecular formula is C31H40BrN11O4. The number of hydrogen-bond acceptors (Lipinski definition) is 11. The van der Waals surface area contributed by atoms with Crippen molar-refractivity contribution in [1.29, 1.82) is 15.8 Å². The van der Waals surface area contributed by atoms with E-state index in [-0.39, 0.29) is 13.2 Å². The van der Waals surface area contributed by atoms with Crippen molar-refractivity contribution in [3.63, 3.8) is 0 Å². The molecule has 47 heavy (non-hydrogen) atoms. The monoisotopic (exact) mass is 709 g/mol. The Morgan fingerprint density at radius 1 is 0.766 bits per heavy atom. The average Bonchev–Trinajstić information content (AvgIpc) is 3.71. The van der Waals surface area contributed by atoms with Crippen LogP contribution in [0.1, 0.15) is 67.0 Å². The third-order valence-electron chi connectivity index (χ3n) is 7.18. The van der Waals surface area contributed by atoms with E-state index in [9.17, 15) is 4.79 Å². The van der Waals surface area contributed by atoms with E-state index in [2.05, 4.69) is 47.6 Å². The predicted molar refractivity (Wildman–Crippen MR) is 177 cm³/mol. The molecule has 15 nitrogen and oxygen atoms in total.